The fourth-order valence-electron chi connectivity index (χ4n) is 2.66. The molecule has 0 aliphatic carbocycles. The first-order chi connectivity index (χ1) is 13.1. The number of hydrogen-bond acceptors (Lipinski definition) is 6. The second-order valence-electron chi connectivity index (χ2n) is 5.93. The minimum absolute atomic E-state index is 0.00430. The maximum atomic E-state index is 12.5. The van der Waals surface area contributed by atoms with Crippen LogP contribution >= 0.6 is 11.6 Å². The maximum absolute atomic E-state index is 12.5. The number of esters is 1. The second kappa shape index (κ2) is 8.83. The minimum atomic E-state index is -0.540. The number of nitrogens with one attached hydrogen (secondary N) is 1. The monoisotopic (exact) mass is 390 g/mol. The fraction of sp³-hybridized carbons (Fsp3) is 0.316. The number of aromatic nitrogens is 1. The molecule has 2 heterocycles. The molecule has 142 valence electrons. The lowest BCUT2D eigenvalue weighted by molar-refractivity contribution is 0.0238. The molecule has 1 N–H and O–H groups in total. The van der Waals surface area contributed by atoms with Crippen LogP contribution in [-0.4, -0.2) is 43.3 Å². The predicted molar refractivity (Wildman–Crippen MR) is 99.5 cm³/mol. The van der Waals surface area contributed by atoms with Crippen LogP contribution in [0.15, 0.2) is 36.5 Å². The van der Waals surface area contributed by atoms with Crippen molar-refractivity contribution < 1.29 is 23.8 Å². The van der Waals surface area contributed by atoms with E-state index in [4.69, 9.17) is 25.8 Å². The molecule has 0 atom stereocenters. The molecule has 27 heavy (non-hydrogen) atoms. The molecule has 1 aliphatic rings. The normalized spacial score (nSPS) is 14.4. The Morgan fingerprint density at radius 3 is 2.70 bits per heavy atom. The Morgan fingerprint density at radius 2 is 2.00 bits per heavy atom. The molecule has 8 heteroatoms. The number of nitrogens with zero attached hydrogens (tertiary/aromatic N) is 1. The van der Waals surface area contributed by atoms with Gasteiger partial charge in [-0.25, -0.2) is 9.78 Å². The van der Waals surface area contributed by atoms with Crippen molar-refractivity contribution in [2.45, 2.75) is 18.9 Å². The van der Waals surface area contributed by atoms with Crippen LogP contribution in [0.2, 0.25) is 5.02 Å². The average molecular weight is 391 g/mol. The number of halogens is 1. The highest BCUT2D eigenvalue weighted by Gasteiger charge is 2.19. The summed E-state index contributed by atoms with van der Waals surface area (Å²) in [5, 5.41) is 2.92. The summed E-state index contributed by atoms with van der Waals surface area (Å²) in [6, 6.07) is 8.06. The number of benzene rings is 1. The number of hydrogen-bond donors (Lipinski definition) is 1. The van der Waals surface area contributed by atoms with Gasteiger partial charge in [-0.3, -0.25) is 4.79 Å². The Balaban J connectivity index is 1.72. The van der Waals surface area contributed by atoms with Crippen LogP contribution in [0.4, 0.5) is 5.69 Å². The summed E-state index contributed by atoms with van der Waals surface area (Å²) in [6.45, 7) is 1.28. The van der Waals surface area contributed by atoms with Crippen LogP contribution in [0.3, 0.4) is 0 Å². The zero-order valence-corrected chi connectivity index (χ0v) is 15.5. The lowest BCUT2D eigenvalue weighted by Crippen LogP contribution is -2.26. The largest absolute Gasteiger partial charge is 0.473 e. The Kier molecular flexibility index (Phi) is 6.26. The summed E-state index contributed by atoms with van der Waals surface area (Å²) in [5.74, 6) is -0.698. The summed E-state index contributed by atoms with van der Waals surface area (Å²) >= 11 is 6.23. The summed E-state index contributed by atoms with van der Waals surface area (Å²) < 4.78 is 15.8. The zero-order valence-electron chi connectivity index (χ0n) is 14.7. The van der Waals surface area contributed by atoms with Gasteiger partial charge in [-0.1, -0.05) is 23.7 Å². The van der Waals surface area contributed by atoms with Gasteiger partial charge in [-0.15, -0.1) is 0 Å². The van der Waals surface area contributed by atoms with Crippen molar-refractivity contribution in [1.29, 1.82) is 0 Å². The van der Waals surface area contributed by atoms with Crippen LogP contribution in [0.1, 0.15) is 33.6 Å². The van der Waals surface area contributed by atoms with Crippen LogP contribution in [0.25, 0.3) is 0 Å². The van der Waals surface area contributed by atoms with Crippen molar-refractivity contribution in [3.05, 3.63) is 52.7 Å². The number of anilines is 1. The Labute approximate surface area is 161 Å². The lowest BCUT2D eigenvalue weighted by atomic mass is 10.1. The van der Waals surface area contributed by atoms with Gasteiger partial charge >= 0.3 is 5.97 Å². The van der Waals surface area contributed by atoms with Crippen molar-refractivity contribution in [3.63, 3.8) is 0 Å². The standard InChI is InChI=1S/C19H19ClN2O5/c1-25-19(24)14-4-2-3-5-16(14)22-17(23)12-10-15(20)18(21-11-12)27-13-6-8-26-9-7-13/h2-5,10-11,13H,6-9H2,1H3,(H,22,23). The third-order valence-electron chi connectivity index (χ3n) is 4.10. The smallest absolute Gasteiger partial charge is 0.339 e. The van der Waals surface area contributed by atoms with E-state index < -0.39 is 11.9 Å². The molecule has 1 aliphatic heterocycles. The molecule has 1 aromatic carbocycles. The number of rotatable bonds is 5. The van der Waals surface area contributed by atoms with Crippen molar-refractivity contribution >= 4 is 29.2 Å². The van der Waals surface area contributed by atoms with E-state index in [-0.39, 0.29) is 28.1 Å². The van der Waals surface area contributed by atoms with Gasteiger partial charge in [-0.2, -0.15) is 0 Å². The minimum Gasteiger partial charge on any atom is -0.473 e. The van der Waals surface area contributed by atoms with Crippen LogP contribution in [-0.2, 0) is 9.47 Å². The third kappa shape index (κ3) is 4.75. The van der Waals surface area contributed by atoms with E-state index in [0.29, 0.717) is 18.9 Å². The highest BCUT2D eigenvalue weighted by atomic mass is 35.5. The van der Waals surface area contributed by atoms with Crippen molar-refractivity contribution in [3.8, 4) is 5.88 Å². The van der Waals surface area contributed by atoms with Crippen molar-refractivity contribution in [2.75, 3.05) is 25.6 Å². The quantitative estimate of drug-likeness (QED) is 0.788. The number of methoxy groups -OCH3 is 1. The fourth-order valence-corrected chi connectivity index (χ4v) is 2.87. The number of pyridine rings is 1. The first-order valence-corrected chi connectivity index (χ1v) is 8.85. The summed E-state index contributed by atoms with van der Waals surface area (Å²) in [6.07, 6.45) is 2.92. The molecule has 1 fully saturated rings. The topological polar surface area (TPSA) is 86.8 Å². The summed E-state index contributed by atoms with van der Waals surface area (Å²) in [5.41, 5.74) is 0.846. The molecular weight excluding hydrogens is 372 g/mol. The molecular formula is C19H19ClN2O5. The summed E-state index contributed by atoms with van der Waals surface area (Å²) in [7, 11) is 1.28. The number of ether oxygens (including phenoxy) is 3. The number of carbonyl (C=O) groups is 2. The number of para-hydroxylation sites is 1. The van der Waals surface area contributed by atoms with Crippen LogP contribution < -0.4 is 10.1 Å². The molecule has 0 saturated carbocycles. The first-order valence-electron chi connectivity index (χ1n) is 8.47. The predicted octanol–water partition coefficient (Wildman–Crippen LogP) is 3.33. The van der Waals surface area contributed by atoms with Gasteiger partial charge in [0.2, 0.25) is 5.88 Å². The SMILES string of the molecule is COC(=O)c1ccccc1NC(=O)c1cnc(OC2CCOCC2)c(Cl)c1. The van der Waals surface area contributed by atoms with Crippen molar-refractivity contribution in [1.82, 2.24) is 4.98 Å². The van der Waals surface area contributed by atoms with Crippen LogP contribution in [0, 0.1) is 0 Å². The van der Waals surface area contributed by atoms with Gasteiger partial charge in [0.1, 0.15) is 11.1 Å². The average Bonchev–Trinajstić information content (AvgIpc) is 2.70. The van der Waals surface area contributed by atoms with E-state index in [2.05, 4.69) is 10.3 Å². The van der Waals surface area contributed by atoms with Crippen molar-refractivity contribution in [2.24, 2.45) is 0 Å². The first kappa shape index (κ1) is 19.1. The molecule has 2 aromatic rings. The Morgan fingerprint density at radius 1 is 1.26 bits per heavy atom. The summed E-state index contributed by atoms with van der Waals surface area (Å²) in [4.78, 5) is 28.5. The maximum Gasteiger partial charge on any atom is 0.339 e. The molecule has 1 amide bonds. The molecule has 3 rings (SSSR count). The van der Waals surface area contributed by atoms with Gasteiger partial charge in [-0.05, 0) is 18.2 Å². The molecule has 0 radical (unpaired) electrons. The third-order valence-corrected chi connectivity index (χ3v) is 4.37. The lowest BCUT2D eigenvalue weighted by Gasteiger charge is -2.23. The Bertz CT molecular complexity index is 837. The number of carbonyl (C=O) groups excluding carboxylic acids is 2. The van der Waals surface area contributed by atoms with E-state index in [0.717, 1.165) is 12.8 Å². The molecule has 0 spiro atoms. The molecule has 0 unspecified atom stereocenters. The second-order valence-corrected chi connectivity index (χ2v) is 6.34. The van der Waals surface area contributed by atoms with E-state index in [1.54, 1.807) is 24.3 Å². The van der Waals surface area contributed by atoms with Gasteiger partial charge < -0.3 is 19.5 Å². The molecule has 1 aromatic heterocycles. The molecule has 1 saturated heterocycles. The highest BCUT2D eigenvalue weighted by molar-refractivity contribution is 6.32. The van der Waals surface area contributed by atoms with Gasteiger partial charge in [0.15, 0.2) is 0 Å². The van der Waals surface area contributed by atoms with Gasteiger partial charge in [0, 0.05) is 19.0 Å². The van der Waals surface area contributed by atoms with Gasteiger partial charge in [0.25, 0.3) is 5.91 Å². The van der Waals surface area contributed by atoms with E-state index >= 15 is 0 Å². The zero-order chi connectivity index (χ0) is 19.2. The molecule has 0 bridgehead atoms. The van der Waals surface area contributed by atoms with E-state index in [1.807, 2.05) is 0 Å². The van der Waals surface area contributed by atoms with Gasteiger partial charge in [0.05, 0.1) is 37.1 Å². The molecule has 7 nitrogen and oxygen atoms in total. The van der Waals surface area contributed by atoms with E-state index in [9.17, 15) is 9.59 Å². The Hall–Kier alpha value is -2.64. The van der Waals surface area contributed by atoms with Crippen LogP contribution in [0.5, 0.6) is 5.88 Å². The van der Waals surface area contributed by atoms with E-state index in [1.165, 1.54) is 19.4 Å². The highest BCUT2D eigenvalue weighted by Crippen LogP contribution is 2.26. The number of amides is 1.